The summed E-state index contributed by atoms with van der Waals surface area (Å²) in [5, 5.41) is 6.79. The zero-order chi connectivity index (χ0) is 12.5. The minimum absolute atomic E-state index is 0. The lowest BCUT2D eigenvalue weighted by atomic mass is 10.00. The number of rotatable bonds is 3. The molecule has 0 spiro atoms. The molecule has 0 aromatic carbocycles. The van der Waals surface area contributed by atoms with Crippen molar-refractivity contribution in [2.24, 2.45) is 0 Å². The maximum absolute atomic E-state index is 11.8. The van der Waals surface area contributed by atoms with Gasteiger partial charge in [-0.3, -0.25) is 4.79 Å². The lowest BCUT2D eigenvalue weighted by Gasteiger charge is -2.30. The molecule has 2 N–H and O–H groups in total. The number of hydrogen-bond donors (Lipinski definition) is 2. The van der Waals surface area contributed by atoms with Crippen LogP contribution in [-0.2, 0) is 4.79 Å². The van der Waals surface area contributed by atoms with Gasteiger partial charge in [-0.25, -0.2) is 0 Å². The van der Waals surface area contributed by atoms with Crippen molar-refractivity contribution in [1.82, 2.24) is 10.6 Å². The van der Waals surface area contributed by atoms with E-state index in [2.05, 4.69) is 31.4 Å². The highest BCUT2D eigenvalue weighted by molar-refractivity contribution is 8.01. The van der Waals surface area contributed by atoms with Crippen molar-refractivity contribution < 1.29 is 4.79 Å². The molecule has 0 radical (unpaired) electrons. The van der Waals surface area contributed by atoms with E-state index in [1.165, 1.54) is 12.8 Å². The highest BCUT2D eigenvalue weighted by atomic mass is 35.5. The van der Waals surface area contributed by atoms with Crippen LogP contribution in [0, 0.1) is 0 Å². The lowest BCUT2D eigenvalue weighted by Crippen LogP contribution is -2.48. The quantitative estimate of drug-likeness (QED) is 0.839. The topological polar surface area (TPSA) is 41.1 Å². The second kappa shape index (κ2) is 6.49. The molecular formula is C13H25ClN2OS. The molecule has 2 aliphatic rings. The molecular weight excluding hydrogens is 268 g/mol. The van der Waals surface area contributed by atoms with Crippen LogP contribution < -0.4 is 10.6 Å². The number of halogens is 1. The zero-order valence-corrected chi connectivity index (χ0v) is 13.1. The summed E-state index contributed by atoms with van der Waals surface area (Å²) in [6, 6.07) is 1.70. The first-order valence-electron chi connectivity index (χ1n) is 6.62. The zero-order valence-electron chi connectivity index (χ0n) is 11.5. The summed E-state index contributed by atoms with van der Waals surface area (Å²) in [7, 11) is 0. The normalized spacial score (nSPS) is 30.7. The van der Waals surface area contributed by atoms with E-state index in [0.717, 1.165) is 12.8 Å². The molecule has 2 saturated heterocycles. The van der Waals surface area contributed by atoms with E-state index in [-0.39, 0.29) is 23.1 Å². The van der Waals surface area contributed by atoms with Gasteiger partial charge in [0.15, 0.2) is 0 Å². The average molecular weight is 293 g/mol. The minimum atomic E-state index is 0. The predicted octanol–water partition coefficient (Wildman–Crippen LogP) is 2.34. The van der Waals surface area contributed by atoms with Gasteiger partial charge in [-0.2, -0.15) is 0 Å². The van der Waals surface area contributed by atoms with Crippen LogP contribution in [0.1, 0.15) is 46.5 Å². The first kappa shape index (κ1) is 16.1. The maximum atomic E-state index is 11.8. The van der Waals surface area contributed by atoms with Gasteiger partial charge in [0, 0.05) is 22.9 Å². The number of carbonyl (C=O) groups excluding carboxylic acids is 1. The van der Waals surface area contributed by atoms with E-state index in [1.807, 2.05) is 0 Å². The van der Waals surface area contributed by atoms with Crippen molar-refractivity contribution in [3.05, 3.63) is 0 Å². The maximum Gasteiger partial charge on any atom is 0.230 e. The Balaban J connectivity index is 0.00000162. The molecule has 0 aromatic heterocycles. The molecule has 0 aliphatic carbocycles. The number of thioether (sulfide) groups is 1. The summed E-state index contributed by atoms with van der Waals surface area (Å²) in [5.74, 6) is 0.791. The van der Waals surface area contributed by atoms with E-state index in [4.69, 9.17) is 0 Å². The Hall–Kier alpha value is 0.0700. The third kappa shape index (κ3) is 4.98. The summed E-state index contributed by atoms with van der Waals surface area (Å²) in [5.41, 5.74) is 0. The van der Waals surface area contributed by atoms with Crippen molar-refractivity contribution in [3.8, 4) is 0 Å². The number of nitrogens with one attached hydrogen (secondary N) is 2. The predicted molar refractivity (Wildman–Crippen MR) is 80.6 cm³/mol. The van der Waals surface area contributed by atoms with Gasteiger partial charge < -0.3 is 10.6 Å². The van der Waals surface area contributed by atoms with Crippen LogP contribution in [0.4, 0.5) is 0 Å². The van der Waals surface area contributed by atoms with E-state index >= 15 is 0 Å². The fraction of sp³-hybridized carbons (Fsp3) is 0.923. The smallest absolute Gasteiger partial charge is 0.230 e. The van der Waals surface area contributed by atoms with Gasteiger partial charge in [0.2, 0.25) is 5.91 Å². The Labute approximate surface area is 121 Å². The average Bonchev–Trinajstić information content (AvgIpc) is 2.54. The largest absolute Gasteiger partial charge is 0.353 e. The molecule has 18 heavy (non-hydrogen) atoms. The number of hydrogen-bond acceptors (Lipinski definition) is 3. The first-order valence-corrected chi connectivity index (χ1v) is 7.60. The number of fused-ring (bicyclic) bond motifs is 2. The van der Waals surface area contributed by atoms with Crippen molar-refractivity contribution in [2.75, 3.05) is 5.75 Å². The molecule has 2 rings (SSSR count). The molecule has 106 valence electrons. The van der Waals surface area contributed by atoms with Crippen molar-refractivity contribution >= 4 is 30.1 Å². The molecule has 1 amide bonds. The van der Waals surface area contributed by atoms with Crippen LogP contribution in [-0.4, -0.2) is 34.5 Å². The molecule has 2 heterocycles. The minimum Gasteiger partial charge on any atom is -0.353 e. The second-order valence-corrected chi connectivity index (χ2v) is 8.08. The van der Waals surface area contributed by atoms with Crippen LogP contribution in [0.2, 0.25) is 0 Å². The van der Waals surface area contributed by atoms with Crippen molar-refractivity contribution in [1.29, 1.82) is 0 Å². The fourth-order valence-electron chi connectivity index (χ4n) is 2.73. The van der Waals surface area contributed by atoms with Crippen LogP contribution in [0.15, 0.2) is 0 Å². The van der Waals surface area contributed by atoms with E-state index in [9.17, 15) is 4.79 Å². The Morgan fingerprint density at radius 1 is 1.28 bits per heavy atom. The lowest BCUT2D eigenvalue weighted by molar-refractivity contribution is -0.119. The molecule has 2 aliphatic heterocycles. The molecule has 2 bridgehead atoms. The first-order chi connectivity index (χ1) is 7.92. The molecule has 0 aromatic rings. The summed E-state index contributed by atoms with van der Waals surface area (Å²) < 4.78 is 0.171. The number of amides is 1. The summed E-state index contributed by atoms with van der Waals surface area (Å²) in [6.45, 7) is 6.45. The van der Waals surface area contributed by atoms with E-state index < -0.39 is 0 Å². The molecule has 5 heteroatoms. The van der Waals surface area contributed by atoms with Gasteiger partial charge in [-0.05, 0) is 25.7 Å². The monoisotopic (exact) mass is 292 g/mol. The summed E-state index contributed by atoms with van der Waals surface area (Å²) in [4.78, 5) is 11.8. The van der Waals surface area contributed by atoms with Gasteiger partial charge >= 0.3 is 0 Å². The Bertz CT molecular complexity index is 281. The standard InChI is InChI=1S/C13H24N2OS.ClH/c1-13(2,3)17-8-12(16)15-11-6-9-4-5-10(7-11)14-9;/h9-11,14H,4-8H2,1-3H3,(H,15,16);1H. The van der Waals surface area contributed by atoms with Crippen LogP contribution in [0.25, 0.3) is 0 Å². The molecule has 3 nitrogen and oxygen atoms in total. The Morgan fingerprint density at radius 2 is 1.83 bits per heavy atom. The molecule has 2 fully saturated rings. The SMILES string of the molecule is CC(C)(C)SCC(=O)NC1CC2CCC(C1)N2.Cl. The van der Waals surface area contributed by atoms with Gasteiger partial charge in [0.25, 0.3) is 0 Å². The third-order valence-electron chi connectivity index (χ3n) is 3.47. The van der Waals surface area contributed by atoms with E-state index in [0.29, 0.717) is 23.9 Å². The van der Waals surface area contributed by atoms with Crippen LogP contribution >= 0.6 is 24.2 Å². The van der Waals surface area contributed by atoms with Gasteiger partial charge in [0.05, 0.1) is 5.75 Å². The van der Waals surface area contributed by atoms with Gasteiger partial charge in [-0.1, -0.05) is 20.8 Å². The van der Waals surface area contributed by atoms with Gasteiger partial charge in [0.1, 0.15) is 0 Å². The fourth-order valence-corrected chi connectivity index (χ4v) is 3.37. The Kier molecular flexibility index (Phi) is 5.81. The number of carbonyl (C=O) groups is 1. The molecule has 0 saturated carbocycles. The van der Waals surface area contributed by atoms with Crippen molar-refractivity contribution in [3.63, 3.8) is 0 Å². The highest BCUT2D eigenvalue weighted by Gasteiger charge is 2.33. The van der Waals surface area contributed by atoms with Crippen LogP contribution in [0.5, 0.6) is 0 Å². The second-order valence-electron chi connectivity index (χ2n) is 6.27. The Morgan fingerprint density at radius 3 is 2.33 bits per heavy atom. The third-order valence-corrected chi connectivity index (χ3v) is 4.75. The molecule has 2 unspecified atom stereocenters. The summed E-state index contributed by atoms with van der Waals surface area (Å²) in [6.07, 6.45) is 4.80. The van der Waals surface area contributed by atoms with Crippen LogP contribution in [0.3, 0.4) is 0 Å². The molecule has 2 atom stereocenters. The van der Waals surface area contributed by atoms with Gasteiger partial charge in [-0.15, -0.1) is 24.2 Å². The van der Waals surface area contributed by atoms with Crippen molar-refractivity contribution in [2.45, 2.75) is 69.3 Å². The summed E-state index contributed by atoms with van der Waals surface area (Å²) >= 11 is 1.72. The highest BCUT2D eigenvalue weighted by Crippen LogP contribution is 2.27. The van der Waals surface area contributed by atoms with E-state index in [1.54, 1.807) is 11.8 Å². The number of piperidine rings is 1.